The summed E-state index contributed by atoms with van der Waals surface area (Å²) in [4.78, 5) is 13.6. The first-order valence-electron chi connectivity index (χ1n) is 11.7. The molecule has 0 bridgehead atoms. The minimum atomic E-state index is -0.168. The van der Waals surface area contributed by atoms with Gasteiger partial charge in [0.1, 0.15) is 36.6 Å². The lowest BCUT2D eigenvalue weighted by Crippen LogP contribution is -2.17. The van der Waals surface area contributed by atoms with Gasteiger partial charge in [-0.2, -0.15) is 0 Å². The summed E-state index contributed by atoms with van der Waals surface area (Å²) in [5, 5.41) is 12.4. The molecule has 9 heteroatoms. The second-order valence-electron chi connectivity index (χ2n) is 9.52. The molecule has 0 unspecified atom stereocenters. The van der Waals surface area contributed by atoms with Crippen molar-refractivity contribution in [2.24, 2.45) is 4.99 Å². The predicted octanol–water partition coefficient (Wildman–Crippen LogP) is 5.27. The van der Waals surface area contributed by atoms with Gasteiger partial charge in [0.2, 0.25) is 0 Å². The summed E-state index contributed by atoms with van der Waals surface area (Å²) < 4.78 is 13.7. The average molecular weight is 480 g/mol. The van der Waals surface area contributed by atoms with E-state index >= 15 is 0 Å². The molecule has 0 saturated heterocycles. The van der Waals surface area contributed by atoms with E-state index in [0.29, 0.717) is 18.8 Å². The number of nitrogens with zero attached hydrogens (tertiary/aromatic N) is 6. The number of nitrogens with one attached hydrogen (secondary N) is 1. The number of hydrogen-bond acceptors (Lipinski definition) is 8. The first-order chi connectivity index (χ1) is 17.4. The highest BCUT2D eigenvalue weighted by molar-refractivity contribution is 5.92. The number of aliphatic imine (C=N–C) groups is 1. The zero-order valence-electron chi connectivity index (χ0n) is 20.3. The number of aryl methyl sites for hydroxylation is 1. The molecule has 0 spiro atoms. The summed E-state index contributed by atoms with van der Waals surface area (Å²) in [5.74, 6) is 2.97. The van der Waals surface area contributed by atoms with E-state index in [2.05, 4.69) is 56.5 Å². The van der Waals surface area contributed by atoms with Gasteiger partial charge in [0.25, 0.3) is 0 Å². The van der Waals surface area contributed by atoms with Crippen molar-refractivity contribution in [3.63, 3.8) is 0 Å². The Morgan fingerprint density at radius 1 is 1.08 bits per heavy atom. The number of anilines is 2. The van der Waals surface area contributed by atoms with E-state index in [9.17, 15) is 0 Å². The molecule has 4 heterocycles. The fourth-order valence-electron chi connectivity index (χ4n) is 4.21. The van der Waals surface area contributed by atoms with Gasteiger partial charge in [0.15, 0.2) is 11.5 Å². The van der Waals surface area contributed by atoms with E-state index in [4.69, 9.17) is 9.47 Å². The van der Waals surface area contributed by atoms with E-state index in [-0.39, 0.29) is 5.54 Å². The average Bonchev–Trinajstić information content (AvgIpc) is 3.46. The fraction of sp³-hybridized carbons (Fsp3) is 0.222. The molecule has 5 aromatic rings. The van der Waals surface area contributed by atoms with Crippen molar-refractivity contribution in [3.05, 3.63) is 78.5 Å². The van der Waals surface area contributed by atoms with Crippen LogP contribution in [0.4, 0.5) is 11.5 Å². The van der Waals surface area contributed by atoms with Gasteiger partial charge >= 0.3 is 0 Å². The summed E-state index contributed by atoms with van der Waals surface area (Å²) in [6.45, 7) is 6.77. The monoisotopic (exact) mass is 479 g/mol. The molecule has 0 aliphatic carbocycles. The van der Waals surface area contributed by atoms with E-state index in [0.717, 1.165) is 50.8 Å². The number of aromatic nitrogens is 5. The van der Waals surface area contributed by atoms with Crippen LogP contribution in [0.3, 0.4) is 0 Å². The fourth-order valence-corrected chi connectivity index (χ4v) is 4.21. The van der Waals surface area contributed by atoms with Gasteiger partial charge in [-0.05, 0) is 68.3 Å². The summed E-state index contributed by atoms with van der Waals surface area (Å²) in [6.07, 6.45) is 5.74. The molecular formula is C27H25N7O2. The van der Waals surface area contributed by atoms with Crippen molar-refractivity contribution in [1.29, 1.82) is 0 Å². The number of benzene rings is 2. The largest absolute Gasteiger partial charge is 0.478 e. The van der Waals surface area contributed by atoms with Crippen LogP contribution in [-0.2, 0) is 11.2 Å². The van der Waals surface area contributed by atoms with Crippen LogP contribution in [0, 0.1) is 6.92 Å². The summed E-state index contributed by atoms with van der Waals surface area (Å²) in [6, 6.07) is 15.8. The van der Waals surface area contributed by atoms with Crippen LogP contribution in [0.5, 0.6) is 11.5 Å². The molecule has 9 nitrogen and oxygen atoms in total. The van der Waals surface area contributed by atoms with Gasteiger partial charge in [-0.3, -0.25) is 4.40 Å². The van der Waals surface area contributed by atoms with Crippen molar-refractivity contribution in [2.45, 2.75) is 32.7 Å². The van der Waals surface area contributed by atoms with Crippen LogP contribution in [0.25, 0.3) is 16.6 Å². The van der Waals surface area contributed by atoms with Crippen LogP contribution < -0.4 is 10.1 Å². The molecule has 180 valence electrons. The third-order valence-electron chi connectivity index (χ3n) is 6.01. The first-order valence-corrected chi connectivity index (χ1v) is 11.7. The van der Waals surface area contributed by atoms with Gasteiger partial charge in [-0.1, -0.05) is 6.07 Å². The Balaban J connectivity index is 1.23. The zero-order valence-corrected chi connectivity index (χ0v) is 20.3. The van der Waals surface area contributed by atoms with Gasteiger partial charge < -0.3 is 14.8 Å². The number of pyridine rings is 1. The normalized spacial score (nSPS) is 14.6. The van der Waals surface area contributed by atoms with E-state index < -0.39 is 0 Å². The lowest BCUT2D eigenvalue weighted by atomic mass is 10.1. The van der Waals surface area contributed by atoms with Gasteiger partial charge in [-0.25, -0.2) is 15.0 Å². The molecule has 0 fully saturated rings. The van der Waals surface area contributed by atoms with Crippen molar-refractivity contribution in [1.82, 2.24) is 24.6 Å². The maximum absolute atomic E-state index is 6.10. The Bertz CT molecular complexity index is 1620. The Morgan fingerprint density at radius 3 is 2.83 bits per heavy atom. The molecule has 0 atom stereocenters. The van der Waals surface area contributed by atoms with Crippen LogP contribution in [0.15, 0.2) is 72.4 Å². The van der Waals surface area contributed by atoms with Crippen LogP contribution in [-0.4, -0.2) is 42.6 Å². The molecule has 6 rings (SSSR count). The first kappa shape index (κ1) is 22.0. The summed E-state index contributed by atoms with van der Waals surface area (Å²) in [5.41, 5.74) is 4.42. The van der Waals surface area contributed by atoms with Gasteiger partial charge in [-0.15, -0.1) is 10.2 Å². The molecular weight excluding hydrogens is 454 g/mol. The standard InChI is InChI=1S/C27H25N7O2/c1-17-10-19(5-7-23(17)36-20-8-9-34-16-30-33-24(34)13-20)31-26-21-11-18(4-6-22(21)28-15-29-26)12-25-32-27(2,3)14-35-25/h4-11,13,15-16H,12,14H2,1-3H3,(H,28,29,31). The summed E-state index contributed by atoms with van der Waals surface area (Å²) >= 11 is 0. The van der Waals surface area contributed by atoms with Crippen molar-refractivity contribution in [2.75, 3.05) is 11.9 Å². The molecule has 1 aliphatic heterocycles. The smallest absolute Gasteiger partial charge is 0.188 e. The molecule has 0 saturated carbocycles. The molecule has 3 aromatic heterocycles. The molecule has 0 radical (unpaired) electrons. The second-order valence-corrected chi connectivity index (χ2v) is 9.52. The molecule has 1 aliphatic rings. The Labute approximate surface area is 207 Å². The van der Waals surface area contributed by atoms with Crippen LogP contribution in [0.1, 0.15) is 25.0 Å². The zero-order chi connectivity index (χ0) is 24.7. The third-order valence-corrected chi connectivity index (χ3v) is 6.01. The minimum absolute atomic E-state index is 0.168. The number of fused-ring (bicyclic) bond motifs is 2. The SMILES string of the molecule is Cc1cc(Nc2ncnc3ccc(CC4=NC(C)(C)CO4)cc23)ccc1Oc1ccn2cnnc2c1. The maximum atomic E-state index is 6.10. The lowest BCUT2D eigenvalue weighted by molar-refractivity contribution is 0.275. The van der Waals surface area contributed by atoms with E-state index in [1.165, 1.54) is 0 Å². The highest BCUT2D eigenvalue weighted by Crippen LogP contribution is 2.30. The Morgan fingerprint density at radius 2 is 2.00 bits per heavy atom. The van der Waals surface area contributed by atoms with Crippen molar-refractivity contribution < 1.29 is 9.47 Å². The van der Waals surface area contributed by atoms with Gasteiger partial charge in [0.05, 0.1) is 11.1 Å². The summed E-state index contributed by atoms with van der Waals surface area (Å²) in [7, 11) is 0. The Kier molecular flexibility index (Phi) is 5.25. The highest BCUT2D eigenvalue weighted by Gasteiger charge is 2.26. The van der Waals surface area contributed by atoms with E-state index in [1.807, 2.05) is 53.9 Å². The van der Waals surface area contributed by atoms with Crippen LogP contribution >= 0.6 is 0 Å². The van der Waals surface area contributed by atoms with Gasteiger partial charge in [0, 0.05) is 29.8 Å². The predicted molar refractivity (Wildman–Crippen MR) is 138 cm³/mol. The molecule has 2 aromatic carbocycles. The minimum Gasteiger partial charge on any atom is -0.478 e. The molecule has 36 heavy (non-hydrogen) atoms. The maximum Gasteiger partial charge on any atom is 0.188 e. The number of hydrogen-bond donors (Lipinski definition) is 1. The highest BCUT2D eigenvalue weighted by atomic mass is 16.5. The number of rotatable bonds is 6. The lowest BCUT2D eigenvalue weighted by Gasteiger charge is -2.13. The van der Waals surface area contributed by atoms with Crippen molar-refractivity contribution in [3.8, 4) is 11.5 Å². The third kappa shape index (κ3) is 4.43. The topological polar surface area (TPSA) is 98.8 Å². The quantitative estimate of drug-likeness (QED) is 0.354. The van der Waals surface area contributed by atoms with Crippen molar-refractivity contribution >= 4 is 34.0 Å². The van der Waals surface area contributed by atoms with E-state index in [1.54, 1.807) is 12.7 Å². The molecule has 0 amide bonds. The van der Waals surface area contributed by atoms with Crippen LogP contribution in [0.2, 0.25) is 0 Å². The second kappa shape index (κ2) is 8.60. The molecule has 1 N–H and O–H groups in total. The Hall–Kier alpha value is -4.53. The number of ether oxygens (including phenoxy) is 2.